The summed E-state index contributed by atoms with van der Waals surface area (Å²) in [7, 11) is 0. The van der Waals surface area contributed by atoms with Crippen LogP contribution in [0.25, 0.3) is 31.2 Å². The third kappa shape index (κ3) is 2.56. The number of fused-ring (bicyclic) bond motifs is 3. The molecule has 0 saturated carbocycles. The van der Waals surface area contributed by atoms with Gasteiger partial charge in [-0.3, -0.25) is 4.98 Å². The van der Waals surface area contributed by atoms with Gasteiger partial charge in [0, 0.05) is 32.5 Å². The van der Waals surface area contributed by atoms with Gasteiger partial charge in [0.2, 0.25) is 0 Å². The number of nitrogens with one attached hydrogen (secondary N) is 1. The van der Waals surface area contributed by atoms with E-state index in [4.69, 9.17) is 0 Å². The second-order valence-electron chi connectivity index (χ2n) is 5.99. The standard InChI is InChI=1S/C20H15N3S2/c1-2-14-7-12-8-17-15(10-20(12)25-14)16(5-6-21-17)23-13-3-4-19-18(9-13)22-11-24-19/h3-11H,2H2,1H3,(H,21,23). The van der Waals surface area contributed by atoms with E-state index in [9.17, 15) is 0 Å². The van der Waals surface area contributed by atoms with Crippen molar-refractivity contribution in [3.05, 3.63) is 59.0 Å². The lowest BCUT2D eigenvalue weighted by atomic mass is 10.1. The number of nitrogens with zero attached hydrogens (tertiary/aromatic N) is 2. The monoisotopic (exact) mass is 361 g/mol. The highest BCUT2D eigenvalue weighted by atomic mass is 32.1. The third-order valence-corrected chi connectivity index (χ3v) is 6.44. The van der Waals surface area contributed by atoms with Crippen LogP contribution in [0.4, 0.5) is 11.4 Å². The van der Waals surface area contributed by atoms with E-state index in [-0.39, 0.29) is 0 Å². The molecule has 0 amide bonds. The lowest BCUT2D eigenvalue weighted by molar-refractivity contribution is 1.19. The van der Waals surface area contributed by atoms with Crippen LogP contribution < -0.4 is 5.32 Å². The van der Waals surface area contributed by atoms with Crippen molar-refractivity contribution in [1.82, 2.24) is 9.97 Å². The maximum atomic E-state index is 4.56. The predicted molar refractivity (Wildman–Crippen MR) is 109 cm³/mol. The van der Waals surface area contributed by atoms with Crippen molar-refractivity contribution in [3.63, 3.8) is 0 Å². The van der Waals surface area contributed by atoms with E-state index < -0.39 is 0 Å². The number of benzene rings is 2. The van der Waals surface area contributed by atoms with Gasteiger partial charge in [-0.05, 0) is 54.3 Å². The third-order valence-electron chi connectivity index (χ3n) is 4.39. The normalized spacial score (nSPS) is 11.6. The highest BCUT2D eigenvalue weighted by Crippen LogP contribution is 2.34. The van der Waals surface area contributed by atoms with Crippen LogP contribution in [0.15, 0.2) is 54.2 Å². The molecule has 5 heteroatoms. The average Bonchev–Trinajstić information content (AvgIpc) is 3.25. The maximum Gasteiger partial charge on any atom is 0.0832 e. The maximum absolute atomic E-state index is 4.56. The summed E-state index contributed by atoms with van der Waals surface area (Å²) in [4.78, 5) is 10.4. The summed E-state index contributed by atoms with van der Waals surface area (Å²) in [6, 6.07) is 15.1. The molecule has 3 heterocycles. The molecule has 0 bridgehead atoms. The highest BCUT2D eigenvalue weighted by molar-refractivity contribution is 7.19. The van der Waals surface area contributed by atoms with Gasteiger partial charge in [0.25, 0.3) is 0 Å². The fraction of sp³-hybridized carbons (Fsp3) is 0.100. The number of aromatic nitrogens is 2. The van der Waals surface area contributed by atoms with Crippen LogP contribution in [0.5, 0.6) is 0 Å². The second-order valence-corrected chi connectivity index (χ2v) is 8.05. The molecule has 122 valence electrons. The van der Waals surface area contributed by atoms with E-state index >= 15 is 0 Å². The Morgan fingerprint density at radius 3 is 2.84 bits per heavy atom. The molecule has 1 N–H and O–H groups in total. The molecule has 0 atom stereocenters. The zero-order valence-electron chi connectivity index (χ0n) is 13.6. The number of rotatable bonds is 3. The van der Waals surface area contributed by atoms with Crippen LogP contribution in [-0.2, 0) is 6.42 Å². The topological polar surface area (TPSA) is 37.8 Å². The lowest BCUT2D eigenvalue weighted by Crippen LogP contribution is -1.92. The summed E-state index contributed by atoms with van der Waals surface area (Å²) in [5.74, 6) is 0. The summed E-state index contributed by atoms with van der Waals surface area (Å²) in [6.45, 7) is 2.20. The van der Waals surface area contributed by atoms with Crippen molar-refractivity contribution in [3.8, 4) is 0 Å². The first-order valence-corrected chi connectivity index (χ1v) is 9.91. The zero-order valence-corrected chi connectivity index (χ0v) is 15.2. The molecule has 0 saturated heterocycles. The molecule has 0 radical (unpaired) electrons. The Morgan fingerprint density at radius 1 is 0.960 bits per heavy atom. The number of thiazole rings is 1. The van der Waals surface area contributed by atoms with Crippen LogP contribution >= 0.6 is 22.7 Å². The SMILES string of the molecule is CCc1cc2cc3nccc(Nc4ccc5scnc5c4)c3cc2s1. The Labute approximate surface area is 153 Å². The number of aryl methyl sites for hydroxylation is 1. The van der Waals surface area contributed by atoms with E-state index in [1.165, 1.54) is 19.7 Å². The molecule has 3 nitrogen and oxygen atoms in total. The summed E-state index contributed by atoms with van der Waals surface area (Å²) in [6.07, 6.45) is 2.94. The van der Waals surface area contributed by atoms with Crippen LogP contribution in [0.3, 0.4) is 0 Å². The molecule has 0 aliphatic carbocycles. The average molecular weight is 361 g/mol. The molecule has 5 aromatic rings. The minimum absolute atomic E-state index is 1.02. The van der Waals surface area contributed by atoms with Gasteiger partial charge in [-0.1, -0.05) is 6.92 Å². The minimum atomic E-state index is 1.02. The summed E-state index contributed by atoms with van der Waals surface area (Å²) >= 11 is 3.53. The Hall–Kier alpha value is -2.50. The van der Waals surface area contributed by atoms with Gasteiger partial charge in [-0.2, -0.15) is 0 Å². The van der Waals surface area contributed by atoms with Crippen LogP contribution in [0.1, 0.15) is 11.8 Å². The zero-order chi connectivity index (χ0) is 16.8. The predicted octanol–water partition coefficient (Wildman–Crippen LogP) is 6.37. The van der Waals surface area contributed by atoms with Crippen molar-refractivity contribution in [2.75, 3.05) is 5.32 Å². The Kier molecular flexibility index (Phi) is 3.43. The molecular formula is C20H15N3S2. The van der Waals surface area contributed by atoms with E-state index in [0.29, 0.717) is 0 Å². The number of anilines is 2. The minimum Gasteiger partial charge on any atom is -0.355 e. The number of thiophene rings is 1. The number of hydrogen-bond donors (Lipinski definition) is 1. The number of hydrogen-bond acceptors (Lipinski definition) is 5. The van der Waals surface area contributed by atoms with Crippen molar-refractivity contribution in [2.45, 2.75) is 13.3 Å². The van der Waals surface area contributed by atoms with Crippen molar-refractivity contribution < 1.29 is 0 Å². The van der Waals surface area contributed by atoms with Crippen LogP contribution in [-0.4, -0.2) is 9.97 Å². The molecule has 5 rings (SSSR count). The molecule has 25 heavy (non-hydrogen) atoms. The van der Waals surface area contributed by atoms with Crippen molar-refractivity contribution in [1.29, 1.82) is 0 Å². The van der Waals surface area contributed by atoms with Crippen LogP contribution in [0, 0.1) is 0 Å². The molecule has 0 spiro atoms. The van der Waals surface area contributed by atoms with Gasteiger partial charge >= 0.3 is 0 Å². The van der Waals surface area contributed by atoms with Gasteiger partial charge in [0.05, 0.1) is 21.2 Å². The van der Waals surface area contributed by atoms with Gasteiger partial charge in [0.1, 0.15) is 0 Å². The molecule has 0 unspecified atom stereocenters. The molecule has 2 aromatic carbocycles. The quantitative estimate of drug-likeness (QED) is 0.406. The second kappa shape index (κ2) is 5.79. The summed E-state index contributed by atoms with van der Waals surface area (Å²) in [5.41, 5.74) is 6.06. The van der Waals surface area contributed by atoms with Gasteiger partial charge < -0.3 is 5.32 Å². The first kappa shape index (κ1) is 14.8. The Balaban J connectivity index is 1.63. The smallest absolute Gasteiger partial charge is 0.0832 e. The molecule has 3 aromatic heterocycles. The molecule has 0 fully saturated rings. The van der Waals surface area contributed by atoms with Gasteiger partial charge in [0.15, 0.2) is 0 Å². The lowest BCUT2D eigenvalue weighted by Gasteiger charge is -2.09. The van der Waals surface area contributed by atoms with Gasteiger partial charge in [-0.25, -0.2) is 4.98 Å². The first-order valence-electron chi connectivity index (χ1n) is 8.21. The fourth-order valence-corrected chi connectivity index (χ4v) is 4.79. The van der Waals surface area contributed by atoms with Gasteiger partial charge in [-0.15, -0.1) is 22.7 Å². The fourth-order valence-electron chi connectivity index (χ4n) is 3.11. The van der Waals surface area contributed by atoms with E-state index in [1.807, 2.05) is 29.1 Å². The summed E-state index contributed by atoms with van der Waals surface area (Å²) < 4.78 is 2.52. The molecular weight excluding hydrogens is 346 g/mol. The summed E-state index contributed by atoms with van der Waals surface area (Å²) in [5, 5.41) is 5.97. The van der Waals surface area contributed by atoms with Crippen LogP contribution in [0.2, 0.25) is 0 Å². The Morgan fingerprint density at radius 2 is 1.92 bits per heavy atom. The number of pyridine rings is 1. The molecule has 0 aliphatic rings. The first-order chi connectivity index (χ1) is 12.3. The highest BCUT2D eigenvalue weighted by Gasteiger charge is 2.08. The van der Waals surface area contributed by atoms with Crippen molar-refractivity contribution >= 4 is 65.3 Å². The largest absolute Gasteiger partial charge is 0.355 e. The van der Waals surface area contributed by atoms with E-state index in [0.717, 1.165) is 34.2 Å². The van der Waals surface area contributed by atoms with E-state index in [2.05, 4.69) is 58.6 Å². The van der Waals surface area contributed by atoms with Crippen molar-refractivity contribution in [2.24, 2.45) is 0 Å². The Bertz CT molecular complexity index is 1220. The molecule has 0 aliphatic heterocycles. The van der Waals surface area contributed by atoms with E-state index in [1.54, 1.807) is 11.3 Å².